The molecule has 0 saturated carbocycles. The van der Waals surface area contributed by atoms with Crippen LogP contribution in [-0.4, -0.2) is 37.0 Å². The number of rotatable bonds is 5. The van der Waals surface area contributed by atoms with Crippen LogP contribution in [-0.2, 0) is 0 Å². The Kier molecular flexibility index (Phi) is 5.40. The second kappa shape index (κ2) is 7.06. The van der Waals surface area contributed by atoms with Gasteiger partial charge in [0.2, 0.25) is 0 Å². The fourth-order valence-electron chi connectivity index (χ4n) is 2.48. The minimum Gasteiger partial charge on any atom is -0.351 e. The Morgan fingerprint density at radius 1 is 1.47 bits per heavy atom. The highest BCUT2D eigenvalue weighted by molar-refractivity contribution is 7.12. The fraction of sp³-hybridized carbons (Fsp3) is 0.667. The summed E-state index contributed by atoms with van der Waals surface area (Å²) in [5, 5.41) is 4.99. The van der Waals surface area contributed by atoms with E-state index < -0.39 is 0 Å². The molecule has 0 radical (unpaired) electrons. The van der Waals surface area contributed by atoms with Crippen LogP contribution in [0.25, 0.3) is 0 Å². The third-order valence-corrected chi connectivity index (χ3v) is 4.90. The highest BCUT2D eigenvalue weighted by Crippen LogP contribution is 2.16. The number of aryl methyl sites for hydroxylation is 1. The van der Waals surface area contributed by atoms with Gasteiger partial charge in [-0.3, -0.25) is 4.79 Å². The van der Waals surface area contributed by atoms with Gasteiger partial charge in [-0.2, -0.15) is 0 Å². The van der Waals surface area contributed by atoms with E-state index in [9.17, 15) is 4.79 Å². The smallest absolute Gasteiger partial charge is 0.261 e. The van der Waals surface area contributed by atoms with Gasteiger partial charge in [0, 0.05) is 6.54 Å². The number of likely N-dealkylation sites (tertiary alicyclic amines) is 1. The predicted molar refractivity (Wildman–Crippen MR) is 80.8 cm³/mol. The van der Waals surface area contributed by atoms with E-state index >= 15 is 0 Å². The Bertz CT molecular complexity index is 408. The summed E-state index contributed by atoms with van der Waals surface area (Å²) in [5.74, 6) is 0.970. The maximum Gasteiger partial charge on any atom is 0.261 e. The summed E-state index contributed by atoms with van der Waals surface area (Å²) in [6, 6.07) is 1.99. The standard InChI is InChI=1S/C15H24N2OS/c1-12-4-9-17(10-5-12)8-3-7-16-15(18)14-13(2)6-11-19-14/h6,11-12H,3-5,7-10H2,1-2H3,(H,16,18). The molecule has 1 fully saturated rings. The molecule has 0 unspecified atom stereocenters. The average molecular weight is 280 g/mol. The van der Waals surface area contributed by atoms with Gasteiger partial charge in [0.1, 0.15) is 0 Å². The summed E-state index contributed by atoms with van der Waals surface area (Å²) in [7, 11) is 0. The maximum atomic E-state index is 11.9. The molecule has 1 aromatic rings. The zero-order chi connectivity index (χ0) is 13.7. The number of carbonyl (C=O) groups is 1. The highest BCUT2D eigenvalue weighted by Gasteiger charge is 2.15. The lowest BCUT2D eigenvalue weighted by atomic mass is 9.99. The lowest BCUT2D eigenvalue weighted by Crippen LogP contribution is -2.35. The number of amides is 1. The molecule has 0 aliphatic carbocycles. The lowest BCUT2D eigenvalue weighted by molar-refractivity contribution is 0.0954. The quantitative estimate of drug-likeness (QED) is 0.841. The van der Waals surface area contributed by atoms with E-state index in [1.54, 1.807) is 0 Å². The molecule has 3 nitrogen and oxygen atoms in total. The van der Waals surface area contributed by atoms with Crippen LogP contribution in [0.3, 0.4) is 0 Å². The van der Waals surface area contributed by atoms with Crippen LogP contribution in [0.5, 0.6) is 0 Å². The van der Waals surface area contributed by atoms with E-state index in [0.29, 0.717) is 0 Å². The first-order valence-corrected chi connectivity index (χ1v) is 8.09. The summed E-state index contributed by atoms with van der Waals surface area (Å²) in [6.45, 7) is 8.65. The van der Waals surface area contributed by atoms with E-state index in [2.05, 4.69) is 17.1 Å². The molecule has 1 saturated heterocycles. The van der Waals surface area contributed by atoms with Gasteiger partial charge in [0.15, 0.2) is 0 Å². The van der Waals surface area contributed by atoms with Gasteiger partial charge in [-0.05, 0) is 68.7 Å². The molecule has 1 amide bonds. The fourth-order valence-corrected chi connectivity index (χ4v) is 3.32. The van der Waals surface area contributed by atoms with Crippen molar-refractivity contribution in [1.82, 2.24) is 10.2 Å². The van der Waals surface area contributed by atoms with Gasteiger partial charge in [-0.25, -0.2) is 0 Å². The number of thiophene rings is 1. The molecule has 106 valence electrons. The van der Waals surface area contributed by atoms with Crippen molar-refractivity contribution in [3.63, 3.8) is 0 Å². The number of hydrogen-bond acceptors (Lipinski definition) is 3. The van der Waals surface area contributed by atoms with Gasteiger partial charge < -0.3 is 10.2 Å². The zero-order valence-corrected chi connectivity index (χ0v) is 12.8. The van der Waals surface area contributed by atoms with E-state index in [1.165, 1.54) is 37.3 Å². The predicted octanol–water partition coefficient (Wildman–Crippen LogP) is 2.91. The van der Waals surface area contributed by atoms with Gasteiger partial charge >= 0.3 is 0 Å². The number of nitrogens with zero attached hydrogens (tertiary/aromatic N) is 1. The Morgan fingerprint density at radius 2 is 2.21 bits per heavy atom. The molecule has 0 bridgehead atoms. The zero-order valence-electron chi connectivity index (χ0n) is 11.9. The SMILES string of the molecule is Cc1ccsc1C(=O)NCCCN1CCC(C)CC1. The number of nitrogens with one attached hydrogen (secondary N) is 1. The first kappa shape index (κ1) is 14.5. The van der Waals surface area contributed by atoms with Gasteiger partial charge in [-0.1, -0.05) is 6.92 Å². The van der Waals surface area contributed by atoms with Crippen molar-refractivity contribution < 1.29 is 4.79 Å². The molecular formula is C15H24N2OS. The number of hydrogen-bond donors (Lipinski definition) is 1. The molecule has 2 heterocycles. The molecule has 0 atom stereocenters. The van der Waals surface area contributed by atoms with Gasteiger partial charge in [0.25, 0.3) is 5.91 Å². The van der Waals surface area contributed by atoms with E-state index in [1.807, 2.05) is 18.4 Å². The van der Waals surface area contributed by atoms with Crippen LogP contribution in [0.4, 0.5) is 0 Å². The monoisotopic (exact) mass is 280 g/mol. The first-order chi connectivity index (χ1) is 9.16. The summed E-state index contributed by atoms with van der Waals surface area (Å²) >= 11 is 1.52. The van der Waals surface area contributed by atoms with Crippen LogP contribution in [0.2, 0.25) is 0 Å². The topological polar surface area (TPSA) is 32.3 Å². The van der Waals surface area contributed by atoms with E-state index in [-0.39, 0.29) is 5.91 Å². The molecule has 1 aliphatic rings. The Balaban J connectivity index is 1.62. The van der Waals surface area contributed by atoms with Crippen LogP contribution >= 0.6 is 11.3 Å². The number of carbonyl (C=O) groups excluding carboxylic acids is 1. The van der Waals surface area contributed by atoms with Crippen molar-refractivity contribution in [2.75, 3.05) is 26.2 Å². The summed E-state index contributed by atoms with van der Waals surface area (Å²) < 4.78 is 0. The Labute approximate surface area is 120 Å². The first-order valence-electron chi connectivity index (χ1n) is 7.21. The lowest BCUT2D eigenvalue weighted by Gasteiger charge is -2.30. The van der Waals surface area contributed by atoms with Crippen molar-refractivity contribution in [2.24, 2.45) is 5.92 Å². The third kappa shape index (κ3) is 4.32. The van der Waals surface area contributed by atoms with E-state index in [0.717, 1.165) is 35.9 Å². The van der Waals surface area contributed by atoms with Gasteiger partial charge in [-0.15, -0.1) is 11.3 Å². The maximum absolute atomic E-state index is 11.9. The number of piperidine rings is 1. The molecule has 4 heteroatoms. The van der Waals surface area contributed by atoms with Crippen LogP contribution in [0.1, 0.15) is 41.4 Å². The second-order valence-electron chi connectivity index (χ2n) is 5.57. The Morgan fingerprint density at radius 3 is 2.84 bits per heavy atom. The summed E-state index contributed by atoms with van der Waals surface area (Å²) in [6.07, 6.45) is 3.69. The van der Waals surface area contributed by atoms with Crippen LogP contribution in [0, 0.1) is 12.8 Å². The second-order valence-corrected chi connectivity index (χ2v) is 6.48. The van der Waals surface area contributed by atoms with Crippen molar-refractivity contribution in [1.29, 1.82) is 0 Å². The molecule has 0 aromatic carbocycles. The molecule has 19 heavy (non-hydrogen) atoms. The van der Waals surface area contributed by atoms with Crippen LogP contribution < -0.4 is 5.32 Å². The molecule has 1 aromatic heterocycles. The van der Waals surface area contributed by atoms with Crippen molar-refractivity contribution in [3.05, 3.63) is 21.9 Å². The van der Waals surface area contributed by atoms with Crippen LogP contribution in [0.15, 0.2) is 11.4 Å². The molecule has 1 N–H and O–H groups in total. The normalized spacial score (nSPS) is 17.6. The van der Waals surface area contributed by atoms with Crippen molar-refractivity contribution in [3.8, 4) is 0 Å². The van der Waals surface area contributed by atoms with Crippen molar-refractivity contribution in [2.45, 2.75) is 33.1 Å². The van der Waals surface area contributed by atoms with Crippen molar-refractivity contribution >= 4 is 17.2 Å². The largest absolute Gasteiger partial charge is 0.351 e. The minimum atomic E-state index is 0.0831. The molecular weight excluding hydrogens is 256 g/mol. The average Bonchev–Trinajstić information content (AvgIpc) is 2.83. The minimum absolute atomic E-state index is 0.0831. The van der Waals surface area contributed by atoms with E-state index in [4.69, 9.17) is 0 Å². The Hall–Kier alpha value is -0.870. The molecule has 1 aliphatic heterocycles. The molecule has 2 rings (SSSR count). The third-order valence-electron chi connectivity index (χ3n) is 3.88. The summed E-state index contributed by atoms with van der Waals surface area (Å²) in [5.41, 5.74) is 1.08. The highest BCUT2D eigenvalue weighted by atomic mass is 32.1. The summed E-state index contributed by atoms with van der Waals surface area (Å²) in [4.78, 5) is 15.3. The van der Waals surface area contributed by atoms with Gasteiger partial charge in [0.05, 0.1) is 4.88 Å². The molecule has 0 spiro atoms.